The second-order valence-electron chi connectivity index (χ2n) is 6.82. The fraction of sp³-hybridized carbons (Fsp3) is 0.333. The molecule has 2 aromatic rings. The van der Waals surface area contributed by atoms with Crippen LogP contribution in [0, 0.1) is 5.92 Å². The predicted molar refractivity (Wildman–Crippen MR) is 110 cm³/mol. The van der Waals surface area contributed by atoms with Crippen LogP contribution in [0.1, 0.15) is 53.8 Å². The molecule has 0 spiro atoms. The van der Waals surface area contributed by atoms with Crippen molar-refractivity contribution in [3.8, 4) is 0 Å². The molecule has 3 unspecified atom stereocenters. The summed E-state index contributed by atoms with van der Waals surface area (Å²) < 4.78 is 11.4. The van der Waals surface area contributed by atoms with Gasteiger partial charge in [0.05, 0.1) is 11.1 Å². The van der Waals surface area contributed by atoms with Gasteiger partial charge in [0.25, 0.3) is 0 Å². The Morgan fingerprint density at radius 1 is 0.929 bits per heavy atom. The van der Waals surface area contributed by atoms with Crippen molar-refractivity contribution in [2.24, 2.45) is 5.92 Å². The summed E-state index contributed by atoms with van der Waals surface area (Å²) in [6, 6.07) is 17.8. The fourth-order valence-corrected chi connectivity index (χ4v) is 3.08. The van der Waals surface area contributed by atoms with E-state index in [4.69, 9.17) is 9.47 Å². The first-order chi connectivity index (χ1) is 13.5. The van der Waals surface area contributed by atoms with Crippen LogP contribution in [-0.2, 0) is 9.47 Å². The zero-order valence-corrected chi connectivity index (χ0v) is 16.5. The van der Waals surface area contributed by atoms with E-state index in [2.05, 4.69) is 13.5 Å². The van der Waals surface area contributed by atoms with Crippen LogP contribution in [0.2, 0.25) is 0 Å². The Morgan fingerprint density at radius 2 is 1.43 bits per heavy atom. The van der Waals surface area contributed by atoms with E-state index in [1.54, 1.807) is 48.5 Å². The lowest BCUT2D eigenvalue weighted by Gasteiger charge is -2.27. The van der Waals surface area contributed by atoms with E-state index in [9.17, 15) is 9.59 Å². The van der Waals surface area contributed by atoms with Crippen LogP contribution in [0.4, 0.5) is 0 Å². The largest absolute Gasteiger partial charge is 0.459 e. The van der Waals surface area contributed by atoms with Gasteiger partial charge in [0.15, 0.2) is 0 Å². The minimum Gasteiger partial charge on any atom is -0.459 e. The van der Waals surface area contributed by atoms with Gasteiger partial charge in [-0.2, -0.15) is 0 Å². The first-order valence-corrected chi connectivity index (χ1v) is 9.69. The molecule has 3 atom stereocenters. The summed E-state index contributed by atoms with van der Waals surface area (Å²) in [5, 5.41) is 0. The van der Waals surface area contributed by atoms with Crippen molar-refractivity contribution < 1.29 is 19.1 Å². The van der Waals surface area contributed by atoms with E-state index in [0.29, 0.717) is 17.5 Å². The second-order valence-corrected chi connectivity index (χ2v) is 6.82. The van der Waals surface area contributed by atoms with Crippen LogP contribution in [0.15, 0.2) is 73.3 Å². The van der Waals surface area contributed by atoms with Crippen molar-refractivity contribution in [3.63, 3.8) is 0 Å². The molecule has 28 heavy (non-hydrogen) atoms. The molecule has 0 aliphatic heterocycles. The van der Waals surface area contributed by atoms with Crippen molar-refractivity contribution in [1.82, 2.24) is 0 Å². The molecule has 0 amide bonds. The molecule has 0 saturated carbocycles. The Labute approximate surface area is 167 Å². The lowest BCUT2D eigenvalue weighted by atomic mass is 9.93. The first-order valence-electron chi connectivity index (χ1n) is 9.69. The standard InChI is InChI=1S/C24H28O4/c1-4-12-19(5-2)22(28-24(26)21-15-10-7-11-16-21)17-18(3)27-23(25)20-13-8-6-9-14-20/h5-11,13-16,18-19,22H,2,4,12,17H2,1,3H3. The highest BCUT2D eigenvalue weighted by Gasteiger charge is 2.27. The monoisotopic (exact) mass is 380 g/mol. The molecule has 4 heteroatoms. The topological polar surface area (TPSA) is 52.6 Å². The van der Waals surface area contributed by atoms with Gasteiger partial charge >= 0.3 is 11.9 Å². The van der Waals surface area contributed by atoms with Gasteiger partial charge in [-0.15, -0.1) is 6.58 Å². The minimum absolute atomic E-state index is 0.00413. The Kier molecular flexibility index (Phi) is 8.47. The number of ether oxygens (including phenoxy) is 2. The van der Waals surface area contributed by atoms with E-state index in [0.717, 1.165) is 12.8 Å². The minimum atomic E-state index is -0.413. The number of rotatable bonds is 10. The van der Waals surface area contributed by atoms with Crippen LogP contribution in [0.25, 0.3) is 0 Å². The molecule has 0 aliphatic carbocycles. The average Bonchev–Trinajstić information content (AvgIpc) is 2.72. The molecule has 4 nitrogen and oxygen atoms in total. The molecule has 2 aromatic carbocycles. The van der Waals surface area contributed by atoms with Crippen molar-refractivity contribution in [1.29, 1.82) is 0 Å². The number of hydrogen-bond donors (Lipinski definition) is 0. The number of carbonyl (C=O) groups excluding carboxylic acids is 2. The molecule has 0 saturated heterocycles. The lowest BCUT2D eigenvalue weighted by Crippen LogP contribution is -2.31. The van der Waals surface area contributed by atoms with Crippen LogP contribution in [0.5, 0.6) is 0 Å². The molecule has 0 heterocycles. The molecule has 0 N–H and O–H groups in total. The molecular formula is C24H28O4. The highest BCUT2D eigenvalue weighted by Crippen LogP contribution is 2.23. The maximum Gasteiger partial charge on any atom is 0.338 e. The SMILES string of the molecule is C=CC(CCC)C(CC(C)OC(=O)c1ccccc1)OC(=O)c1ccccc1. The van der Waals surface area contributed by atoms with E-state index in [1.807, 2.05) is 25.1 Å². The summed E-state index contributed by atoms with van der Waals surface area (Å²) in [5.41, 5.74) is 1.00. The summed E-state index contributed by atoms with van der Waals surface area (Å²) in [5.74, 6) is -0.766. The maximum absolute atomic E-state index is 12.5. The van der Waals surface area contributed by atoms with Gasteiger partial charge in [-0.05, 0) is 37.6 Å². The molecule has 148 valence electrons. The van der Waals surface area contributed by atoms with Gasteiger partial charge in [-0.25, -0.2) is 9.59 Å². The van der Waals surface area contributed by atoms with Gasteiger partial charge in [0.1, 0.15) is 12.2 Å². The molecule has 2 rings (SSSR count). The second kappa shape index (κ2) is 11.1. The van der Waals surface area contributed by atoms with E-state index < -0.39 is 12.2 Å². The predicted octanol–water partition coefficient (Wildman–Crippen LogP) is 5.45. The number of benzene rings is 2. The molecule has 0 radical (unpaired) electrons. The fourth-order valence-electron chi connectivity index (χ4n) is 3.08. The summed E-state index contributed by atoms with van der Waals surface area (Å²) in [6.45, 7) is 7.79. The van der Waals surface area contributed by atoms with Gasteiger partial charge in [0, 0.05) is 12.3 Å². The third kappa shape index (κ3) is 6.38. The first kappa shape index (κ1) is 21.4. The van der Waals surface area contributed by atoms with Crippen molar-refractivity contribution in [2.75, 3.05) is 0 Å². The van der Waals surface area contributed by atoms with E-state index >= 15 is 0 Å². The molecule has 0 aromatic heterocycles. The van der Waals surface area contributed by atoms with Crippen LogP contribution in [-0.4, -0.2) is 24.1 Å². The van der Waals surface area contributed by atoms with Crippen LogP contribution < -0.4 is 0 Å². The Hall–Kier alpha value is -2.88. The molecule has 0 aliphatic rings. The van der Waals surface area contributed by atoms with Crippen molar-refractivity contribution in [3.05, 3.63) is 84.4 Å². The normalized spacial score (nSPS) is 13.8. The van der Waals surface area contributed by atoms with Gasteiger partial charge in [0.2, 0.25) is 0 Å². The molecule has 0 bridgehead atoms. The average molecular weight is 380 g/mol. The Morgan fingerprint density at radius 3 is 1.89 bits per heavy atom. The zero-order valence-electron chi connectivity index (χ0n) is 16.5. The van der Waals surface area contributed by atoms with E-state index in [-0.39, 0.29) is 17.9 Å². The van der Waals surface area contributed by atoms with Crippen molar-refractivity contribution >= 4 is 11.9 Å². The summed E-state index contributed by atoms with van der Waals surface area (Å²) in [6.07, 6.45) is 3.19. The Bertz CT molecular complexity index is 755. The lowest BCUT2D eigenvalue weighted by molar-refractivity contribution is -0.00752. The van der Waals surface area contributed by atoms with E-state index in [1.165, 1.54) is 0 Å². The third-order valence-corrected chi connectivity index (χ3v) is 4.55. The summed E-state index contributed by atoms with van der Waals surface area (Å²) in [7, 11) is 0. The van der Waals surface area contributed by atoms with Gasteiger partial charge < -0.3 is 9.47 Å². The summed E-state index contributed by atoms with van der Waals surface area (Å²) in [4.78, 5) is 24.8. The number of hydrogen-bond acceptors (Lipinski definition) is 4. The Balaban J connectivity index is 2.06. The van der Waals surface area contributed by atoms with Crippen molar-refractivity contribution in [2.45, 2.75) is 45.3 Å². The molecular weight excluding hydrogens is 352 g/mol. The maximum atomic E-state index is 12.5. The van der Waals surface area contributed by atoms with Crippen LogP contribution >= 0.6 is 0 Å². The smallest absolute Gasteiger partial charge is 0.338 e. The van der Waals surface area contributed by atoms with Gasteiger partial charge in [-0.1, -0.05) is 55.8 Å². The highest BCUT2D eigenvalue weighted by atomic mass is 16.6. The quantitative estimate of drug-likeness (QED) is 0.406. The molecule has 0 fully saturated rings. The third-order valence-electron chi connectivity index (χ3n) is 4.55. The zero-order chi connectivity index (χ0) is 20.4. The highest BCUT2D eigenvalue weighted by molar-refractivity contribution is 5.90. The number of esters is 2. The van der Waals surface area contributed by atoms with Crippen LogP contribution in [0.3, 0.4) is 0 Å². The van der Waals surface area contributed by atoms with Gasteiger partial charge in [-0.3, -0.25) is 0 Å². The summed E-state index contributed by atoms with van der Waals surface area (Å²) >= 11 is 0. The number of carbonyl (C=O) groups is 2.